The monoisotopic (exact) mass is 359 g/mol. The second-order valence-corrected chi connectivity index (χ2v) is 6.22. The maximum atomic E-state index is 6.45. The molecule has 8 nitrogen and oxygen atoms in total. The van der Waals surface area contributed by atoms with Crippen LogP contribution in [0.1, 0.15) is 11.6 Å². The molecular weight excluding hydrogens is 342 g/mol. The molecule has 3 aromatic rings. The third-order valence-electron chi connectivity index (χ3n) is 4.30. The molecule has 1 aliphatic rings. The molecule has 1 aromatic carbocycles. The molecule has 25 heavy (non-hydrogen) atoms. The Morgan fingerprint density at radius 1 is 1.16 bits per heavy atom. The number of rotatable bonds is 5. The van der Waals surface area contributed by atoms with Gasteiger partial charge in [0.2, 0.25) is 0 Å². The van der Waals surface area contributed by atoms with Gasteiger partial charge in [0.25, 0.3) is 0 Å². The Morgan fingerprint density at radius 3 is 2.84 bits per heavy atom. The molecule has 1 N–H and O–H groups in total. The Kier molecular flexibility index (Phi) is 4.73. The number of benzene rings is 1. The predicted molar refractivity (Wildman–Crippen MR) is 93.7 cm³/mol. The molecule has 9 heteroatoms. The number of halogens is 1. The molecule has 0 bridgehead atoms. The van der Waals surface area contributed by atoms with Crippen molar-refractivity contribution in [2.75, 3.05) is 38.2 Å². The molecule has 1 fully saturated rings. The molecule has 0 amide bonds. The van der Waals surface area contributed by atoms with Gasteiger partial charge >= 0.3 is 0 Å². The zero-order valence-corrected chi connectivity index (χ0v) is 14.3. The molecule has 4 rings (SSSR count). The van der Waals surface area contributed by atoms with Gasteiger partial charge in [-0.05, 0) is 34.2 Å². The van der Waals surface area contributed by atoms with Crippen LogP contribution in [0.2, 0.25) is 5.02 Å². The lowest BCUT2D eigenvalue weighted by Gasteiger charge is -2.35. The maximum Gasteiger partial charge on any atom is 0.200 e. The highest BCUT2D eigenvalue weighted by molar-refractivity contribution is 6.31. The minimum atomic E-state index is 0.129. The Morgan fingerprint density at radius 2 is 2.00 bits per heavy atom. The van der Waals surface area contributed by atoms with E-state index in [-0.39, 0.29) is 6.04 Å². The van der Waals surface area contributed by atoms with Crippen molar-refractivity contribution in [2.45, 2.75) is 6.04 Å². The zero-order chi connectivity index (χ0) is 17.1. The third kappa shape index (κ3) is 3.55. The summed E-state index contributed by atoms with van der Waals surface area (Å²) in [5.41, 5.74) is 1.71. The third-order valence-corrected chi connectivity index (χ3v) is 4.64. The van der Waals surface area contributed by atoms with E-state index in [1.54, 1.807) is 0 Å². The van der Waals surface area contributed by atoms with Gasteiger partial charge in [0.1, 0.15) is 5.82 Å². The highest BCUT2D eigenvalue weighted by Crippen LogP contribution is 2.28. The summed E-state index contributed by atoms with van der Waals surface area (Å²) >= 11 is 6.45. The van der Waals surface area contributed by atoms with Gasteiger partial charge in [0.05, 0.1) is 19.3 Å². The van der Waals surface area contributed by atoms with E-state index in [0.29, 0.717) is 18.0 Å². The fourth-order valence-electron chi connectivity index (χ4n) is 3.02. The second-order valence-electron chi connectivity index (χ2n) is 5.81. The molecule has 0 radical (unpaired) electrons. The Hall–Kier alpha value is -2.29. The summed E-state index contributed by atoms with van der Waals surface area (Å²) in [6.07, 6.45) is 0. The van der Waals surface area contributed by atoms with Crippen molar-refractivity contribution < 1.29 is 4.74 Å². The van der Waals surface area contributed by atoms with Crippen LogP contribution in [0, 0.1) is 0 Å². The standard InChI is InChI=1S/C16H18ClN7O/c17-13-4-2-1-3-12(13)14(23-7-9-25-10-8-23)11-18-15-5-6-16-19-21-22-24(16)20-15/h1-6,14H,7-11H2,(H,18,20). The second kappa shape index (κ2) is 7.30. The first-order chi connectivity index (χ1) is 12.3. The average molecular weight is 360 g/mol. The van der Waals surface area contributed by atoms with E-state index in [2.05, 4.69) is 36.9 Å². The SMILES string of the molecule is Clc1ccccc1C(CNc1ccc2nnnn2n1)N1CCOCC1. The number of nitrogens with zero attached hydrogens (tertiary/aromatic N) is 6. The van der Waals surface area contributed by atoms with Crippen LogP contribution in [0.4, 0.5) is 5.82 Å². The molecule has 130 valence electrons. The predicted octanol–water partition coefficient (Wildman–Crippen LogP) is 1.66. The number of hydrogen-bond donors (Lipinski definition) is 1. The molecule has 0 saturated carbocycles. The number of tetrazole rings is 1. The number of nitrogens with one attached hydrogen (secondary N) is 1. The van der Waals surface area contributed by atoms with Crippen LogP contribution in [-0.2, 0) is 4.74 Å². The number of anilines is 1. The van der Waals surface area contributed by atoms with E-state index in [1.165, 1.54) is 4.63 Å². The molecule has 2 aromatic heterocycles. The van der Waals surface area contributed by atoms with Gasteiger partial charge in [-0.1, -0.05) is 29.8 Å². The lowest BCUT2D eigenvalue weighted by atomic mass is 10.0. The molecule has 1 aliphatic heterocycles. The number of hydrogen-bond acceptors (Lipinski definition) is 7. The summed E-state index contributed by atoms with van der Waals surface area (Å²) in [6, 6.07) is 11.8. The van der Waals surface area contributed by atoms with Gasteiger partial charge in [-0.15, -0.1) is 14.8 Å². The quantitative estimate of drug-likeness (QED) is 0.742. The lowest BCUT2D eigenvalue weighted by Crippen LogP contribution is -2.41. The first-order valence-corrected chi connectivity index (χ1v) is 8.54. The molecule has 1 saturated heterocycles. The smallest absolute Gasteiger partial charge is 0.200 e. The van der Waals surface area contributed by atoms with Crippen LogP contribution < -0.4 is 5.32 Å². The highest BCUT2D eigenvalue weighted by atomic mass is 35.5. The van der Waals surface area contributed by atoms with E-state index in [0.717, 1.165) is 36.9 Å². The molecule has 3 heterocycles. The fourth-order valence-corrected chi connectivity index (χ4v) is 3.28. The van der Waals surface area contributed by atoms with E-state index in [9.17, 15) is 0 Å². The minimum absolute atomic E-state index is 0.129. The van der Waals surface area contributed by atoms with Gasteiger partial charge in [-0.3, -0.25) is 4.90 Å². The summed E-state index contributed by atoms with van der Waals surface area (Å²) in [7, 11) is 0. The van der Waals surface area contributed by atoms with Crippen LogP contribution in [0.15, 0.2) is 36.4 Å². The van der Waals surface area contributed by atoms with Gasteiger partial charge in [-0.2, -0.15) is 0 Å². The Labute approximate surface area is 149 Å². The van der Waals surface area contributed by atoms with Crippen molar-refractivity contribution in [3.63, 3.8) is 0 Å². The maximum absolute atomic E-state index is 6.45. The number of ether oxygens (including phenoxy) is 1. The Balaban J connectivity index is 1.56. The largest absolute Gasteiger partial charge is 0.379 e. The highest BCUT2D eigenvalue weighted by Gasteiger charge is 2.24. The van der Waals surface area contributed by atoms with Crippen molar-refractivity contribution in [3.05, 3.63) is 47.0 Å². The lowest BCUT2D eigenvalue weighted by molar-refractivity contribution is 0.0187. The van der Waals surface area contributed by atoms with Crippen molar-refractivity contribution in [3.8, 4) is 0 Å². The van der Waals surface area contributed by atoms with Gasteiger partial charge < -0.3 is 10.1 Å². The molecule has 1 atom stereocenters. The van der Waals surface area contributed by atoms with Crippen molar-refractivity contribution >= 4 is 23.1 Å². The van der Waals surface area contributed by atoms with Crippen molar-refractivity contribution in [1.29, 1.82) is 0 Å². The molecule has 0 aliphatic carbocycles. The molecular formula is C16H18ClN7O. The molecule has 0 spiro atoms. The van der Waals surface area contributed by atoms with Gasteiger partial charge in [0.15, 0.2) is 5.65 Å². The van der Waals surface area contributed by atoms with Crippen LogP contribution >= 0.6 is 11.6 Å². The average Bonchev–Trinajstić information content (AvgIpc) is 3.12. The summed E-state index contributed by atoms with van der Waals surface area (Å²) in [6.45, 7) is 3.88. The summed E-state index contributed by atoms with van der Waals surface area (Å²) < 4.78 is 6.89. The van der Waals surface area contributed by atoms with E-state index in [4.69, 9.17) is 16.3 Å². The summed E-state index contributed by atoms with van der Waals surface area (Å²) in [5.74, 6) is 0.713. The van der Waals surface area contributed by atoms with Gasteiger partial charge in [0, 0.05) is 24.7 Å². The van der Waals surface area contributed by atoms with Crippen LogP contribution in [0.25, 0.3) is 5.65 Å². The number of fused-ring (bicyclic) bond motifs is 1. The minimum Gasteiger partial charge on any atom is -0.379 e. The summed E-state index contributed by atoms with van der Waals surface area (Å²) in [5, 5.41) is 19.8. The fraction of sp³-hybridized carbons (Fsp3) is 0.375. The van der Waals surface area contributed by atoms with E-state index < -0.39 is 0 Å². The van der Waals surface area contributed by atoms with Crippen LogP contribution in [0.3, 0.4) is 0 Å². The van der Waals surface area contributed by atoms with Gasteiger partial charge in [-0.25, -0.2) is 0 Å². The zero-order valence-electron chi connectivity index (χ0n) is 13.5. The number of aromatic nitrogens is 5. The Bertz CT molecular complexity index is 849. The van der Waals surface area contributed by atoms with E-state index >= 15 is 0 Å². The first kappa shape index (κ1) is 16.2. The first-order valence-electron chi connectivity index (χ1n) is 8.17. The topological polar surface area (TPSA) is 80.5 Å². The van der Waals surface area contributed by atoms with Crippen molar-refractivity contribution in [1.82, 2.24) is 30.2 Å². The normalized spacial score (nSPS) is 16.8. The van der Waals surface area contributed by atoms with Crippen LogP contribution in [0.5, 0.6) is 0 Å². The van der Waals surface area contributed by atoms with Crippen LogP contribution in [-0.4, -0.2) is 63.0 Å². The van der Waals surface area contributed by atoms with Crippen molar-refractivity contribution in [2.24, 2.45) is 0 Å². The molecule has 1 unspecified atom stereocenters. The summed E-state index contributed by atoms with van der Waals surface area (Å²) in [4.78, 5) is 2.38. The number of morpholine rings is 1. The van der Waals surface area contributed by atoms with E-state index in [1.807, 2.05) is 30.3 Å².